The molecule has 2 aliphatic rings. The molecule has 8 nitrogen and oxygen atoms in total. The van der Waals surface area contributed by atoms with E-state index in [1.54, 1.807) is 0 Å². The average Bonchev–Trinajstić information content (AvgIpc) is 3.28. The van der Waals surface area contributed by atoms with Gasteiger partial charge in [0.25, 0.3) is 5.91 Å². The van der Waals surface area contributed by atoms with Crippen molar-refractivity contribution in [2.45, 2.75) is 19.4 Å². The summed E-state index contributed by atoms with van der Waals surface area (Å²) in [7, 11) is 0. The first-order valence-electron chi connectivity index (χ1n) is 9.76. The number of benzene rings is 1. The van der Waals surface area contributed by atoms with Crippen molar-refractivity contribution in [3.8, 4) is 0 Å². The van der Waals surface area contributed by atoms with Crippen LogP contribution in [0, 0.1) is 0 Å². The fourth-order valence-corrected chi connectivity index (χ4v) is 3.71. The Labute approximate surface area is 174 Å². The van der Waals surface area contributed by atoms with E-state index in [0.717, 1.165) is 43.7 Å². The SMILES string of the molecule is O=C1CN(c2ccc(CNC(=O)c3nc(N4CCCC4)ncc3Cl)cc2)CCN1. The fraction of sp³-hybridized carbons (Fsp3) is 0.400. The molecule has 0 radical (unpaired) electrons. The van der Waals surface area contributed by atoms with Gasteiger partial charge in [0.05, 0.1) is 17.8 Å². The Kier molecular flexibility index (Phi) is 5.80. The van der Waals surface area contributed by atoms with E-state index >= 15 is 0 Å². The van der Waals surface area contributed by atoms with Gasteiger partial charge in [-0.15, -0.1) is 0 Å². The van der Waals surface area contributed by atoms with Crippen molar-refractivity contribution < 1.29 is 9.59 Å². The number of nitrogens with zero attached hydrogens (tertiary/aromatic N) is 4. The average molecular weight is 415 g/mol. The molecule has 0 saturated carbocycles. The van der Waals surface area contributed by atoms with Crippen molar-refractivity contribution in [1.82, 2.24) is 20.6 Å². The lowest BCUT2D eigenvalue weighted by Crippen LogP contribution is -2.47. The van der Waals surface area contributed by atoms with Crippen molar-refractivity contribution in [2.24, 2.45) is 0 Å². The minimum atomic E-state index is -0.324. The van der Waals surface area contributed by atoms with Gasteiger partial charge in [-0.25, -0.2) is 9.97 Å². The van der Waals surface area contributed by atoms with Crippen LogP contribution in [0.1, 0.15) is 28.9 Å². The minimum Gasteiger partial charge on any atom is -0.360 e. The van der Waals surface area contributed by atoms with E-state index < -0.39 is 0 Å². The summed E-state index contributed by atoms with van der Waals surface area (Å²) in [6, 6.07) is 7.81. The molecular weight excluding hydrogens is 392 g/mol. The van der Waals surface area contributed by atoms with Crippen LogP contribution < -0.4 is 20.4 Å². The maximum atomic E-state index is 12.6. The number of hydrogen-bond acceptors (Lipinski definition) is 6. The summed E-state index contributed by atoms with van der Waals surface area (Å²) >= 11 is 6.16. The van der Waals surface area contributed by atoms with Crippen molar-refractivity contribution in [2.75, 3.05) is 42.5 Å². The lowest BCUT2D eigenvalue weighted by atomic mass is 10.1. The molecule has 2 aliphatic heterocycles. The van der Waals surface area contributed by atoms with Crippen LogP contribution in [0.4, 0.5) is 11.6 Å². The number of halogens is 1. The standard InChI is InChI=1S/C20H23ClN6O2/c21-16-12-24-20(26-8-1-2-9-26)25-18(16)19(29)23-11-14-3-5-15(6-4-14)27-10-7-22-17(28)13-27/h3-6,12H,1-2,7-11,13H2,(H,22,28)(H,23,29). The second-order valence-electron chi connectivity index (χ2n) is 7.18. The first-order valence-corrected chi connectivity index (χ1v) is 10.1. The Hall–Kier alpha value is -2.87. The zero-order chi connectivity index (χ0) is 20.2. The van der Waals surface area contributed by atoms with Crippen molar-refractivity contribution in [1.29, 1.82) is 0 Å². The predicted molar refractivity (Wildman–Crippen MR) is 111 cm³/mol. The molecule has 2 amide bonds. The molecule has 3 heterocycles. The Bertz CT molecular complexity index is 898. The van der Waals surface area contributed by atoms with Crippen LogP contribution in [0.5, 0.6) is 0 Å². The second-order valence-corrected chi connectivity index (χ2v) is 7.59. The topological polar surface area (TPSA) is 90.5 Å². The van der Waals surface area contributed by atoms with Crippen LogP contribution in [0.2, 0.25) is 5.02 Å². The van der Waals surface area contributed by atoms with Crippen LogP contribution in [-0.2, 0) is 11.3 Å². The van der Waals surface area contributed by atoms with E-state index in [9.17, 15) is 9.59 Å². The van der Waals surface area contributed by atoms with E-state index in [1.807, 2.05) is 29.2 Å². The maximum Gasteiger partial charge on any atom is 0.271 e. The summed E-state index contributed by atoms with van der Waals surface area (Å²) in [4.78, 5) is 36.9. The highest BCUT2D eigenvalue weighted by molar-refractivity contribution is 6.33. The molecule has 9 heteroatoms. The van der Waals surface area contributed by atoms with Gasteiger partial charge in [-0.05, 0) is 30.5 Å². The predicted octanol–water partition coefficient (Wildman–Crippen LogP) is 1.60. The molecule has 2 fully saturated rings. The van der Waals surface area contributed by atoms with Gasteiger partial charge in [-0.1, -0.05) is 23.7 Å². The Morgan fingerprint density at radius 3 is 2.62 bits per heavy atom. The number of anilines is 2. The number of piperazine rings is 1. The molecule has 0 aliphatic carbocycles. The first-order chi connectivity index (χ1) is 14.1. The summed E-state index contributed by atoms with van der Waals surface area (Å²) < 4.78 is 0. The van der Waals surface area contributed by atoms with E-state index in [2.05, 4.69) is 25.5 Å². The molecular formula is C20H23ClN6O2. The van der Waals surface area contributed by atoms with E-state index in [4.69, 9.17) is 11.6 Å². The quantitative estimate of drug-likeness (QED) is 0.772. The van der Waals surface area contributed by atoms with Crippen molar-refractivity contribution in [3.05, 3.63) is 46.7 Å². The van der Waals surface area contributed by atoms with Crippen molar-refractivity contribution in [3.63, 3.8) is 0 Å². The summed E-state index contributed by atoms with van der Waals surface area (Å²) in [5.74, 6) is 0.254. The molecule has 0 unspecified atom stereocenters. The third-order valence-electron chi connectivity index (χ3n) is 5.13. The summed E-state index contributed by atoms with van der Waals surface area (Å²) in [6.07, 6.45) is 3.69. The number of aromatic nitrogens is 2. The highest BCUT2D eigenvalue weighted by atomic mass is 35.5. The van der Waals surface area contributed by atoms with Gasteiger partial charge in [0.1, 0.15) is 0 Å². The van der Waals surface area contributed by atoms with Crippen LogP contribution in [-0.4, -0.2) is 54.5 Å². The lowest BCUT2D eigenvalue weighted by molar-refractivity contribution is -0.120. The largest absolute Gasteiger partial charge is 0.360 e. The fourth-order valence-electron chi connectivity index (χ4n) is 3.54. The molecule has 0 spiro atoms. The van der Waals surface area contributed by atoms with Crippen LogP contribution in [0.3, 0.4) is 0 Å². The molecule has 2 saturated heterocycles. The first kappa shape index (κ1) is 19.4. The second kappa shape index (κ2) is 8.65. The van der Waals surface area contributed by atoms with Gasteiger partial charge >= 0.3 is 0 Å². The number of amides is 2. The Morgan fingerprint density at radius 2 is 1.90 bits per heavy atom. The summed E-state index contributed by atoms with van der Waals surface area (Å²) in [5, 5.41) is 5.93. The van der Waals surface area contributed by atoms with Gasteiger partial charge in [0.15, 0.2) is 5.69 Å². The van der Waals surface area contributed by atoms with Gasteiger partial charge in [-0.2, -0.15) is 0 Å². The number of hydrogen-bond donors (Lipinski definition) is 2. The zero-order valence-electron chi connectivity index (χ0n) is 16.0. The highest BCUT2D eigenvalue weighted by Gasteiger charge is 2.20. The summed E-state index contributed by atoms with van der Waals surface area (Å²) in [6.45, 7) is 3.95. The van der Waals surface area contributed by atoms with Crippen LogP contribution >= 0.6 is 11.6 Å². The minimum absolute atomic E-state index is 0.0302. The van der Waals surface area contributed by atoms with E-state index in [1.165, 1.54) is 6.20 Å². The molecule has 4 rings (SSSR count). The molecule has 1 aromatic heterocycles. The monoisotopic (exact) mass is 414 g/mol. The van der Waals surface area contributed by atoms with Gasteiger partial charge < -0.3 is 20.4 Å². The van der Waals surface area contributed by atoms with Crippen LogP contribution in [0.25, 0.3) is 0 Å². The van der Waals surface area contributed by atoms with Gasteiger partial charge in [-0.3, -0.25) is 9.59 Å². The molecule has 0 bridgehead atoms. The molecule has 0 atom stereocenters. The molecule has 2 N–H and O–H groups in total. The normalized spacial score (nSPS) is 16.7. The van der Waals surface area contributed by atoms with Crippen LogP contribution in [0.15, 0.2) is 30.5 Å². The Morgan fingerprint density at radius 1 is 1.14 bits per heavy atom. The molecule has 1 aromatic carbocycles. The number of carbonyl (C=O) groups is 2. The lowest BCUT2D eigenvalue weighted by Gasteiger charge is -2.28. The summed E-state index contributed by atoms with van der Waals surface area (Å²) in [5.41, 5.74) is 2.14. The number of carbonyl (C=O) groups excluding carboxylic acids is 2. The smallest absolute Gasteiger partial charge is 0.271 e. The van der Waals surface area contributed by atoms with E-state index in [0.29, 0.717) is 25.6 Å². The molecule has 29 heavy (non-hydrogen) atoms. The maximum absolute atomic E-state index is 12.6. The number of rotatable bonds is 5. The third-order valence-corrected chi connectivity index (χ3v) is 5.40. The van der Waals surface area contributed by atoms with E-state index in [-0.39, 0.29) is 22.5 Å². The van der Waals surface area contributed by atoms with Crippen molar-refractivity contribution >= 4 is 35.1 Å². The molecule has 152 valence electrons. The molecule has 2 aromatic rings. The third kappa shape index (κ3) is 4.59. The zero-order valence-corrected chi connectivity index (χ0v) is 16.8. The van der Waals surface area contributed by atoms with Gasteiger partial charge in [0.2, 0.25) is 11.9 Å². The highest BCUT2D eigenvalue weighted by Crippen LogP contribution is 2.20. The Balaban J connectivity index is 1.38. The number of nitrogens with one attached hydrogen (secondary N) is 2. The van der Waals surface area contributed by atoms with Gasteiger partial charge in [0, 0.05) is 38.4 Å².